The highest BCUT2D eigenvalue weighted by molar-refractivity contribution is 5.85. The summed E-state index contributed by atoms with van der Waals surface area (Å²) in [6, 6.07) is 6.85. The number of hydrogen-bond acceptors (Lipinski definition) is 7. The van der Waals surface area contributed by atoms with Gasteiger partial charge in [0.05, 0.1) is 22.4 Å². The van der Waals surface area contributed by atoms with Gasteiger partial charge in [-0.3, -0.25) is 0 Å². The first-order valence-electron chi connectivity index (χ1n) is 11.2. The molecule has 2 aliphatic rings. The molecule has 0 spiro atoms. The van der Waals surface area contributed by atoms with Crippen LogP contribution >= 0.6 is 12.4 Å². The molecule has 0 amide bonds. The summed E-state index contributed by atoms with van der Waals surface area (Å²) in [6.45, 7) is 5.47. The number of nitrogens with zero attached hydrogens (tertiary/aromatic N) is 5. The summed E-state index contributed by atoms with van der Waals surface area (Å²) in [5, 5.41) is 3.56. The van der Waals surface area contributed by atoms with E-state index >= 15 is 0 Å². The first-order chi connectivity index (χ1) is 15.6. The fourth-order valence-electron chi connectivity index (χ4n) is 4.20. The van der Waals surface area contributed by atoms with E-state index in [0.717, 1.165) is 56.5 Å². The van der Waals surface area contributed by atoms with Crippen molar-refractivity contribution in [2.45, 2.75) is 38.6 Å². The number of ether oxygens (including phenoxy) is 1. The Balaban J connectivity index is 0.00000259. The molecule has 7 nitrogen and oxygen atoms in total. The number of aromatic nitrogens is 4. The Morgan fingerprint density at radius 2 is 1.79 bits per heavy atom. The lowest BCUT2D eigenvalue weighted by molar-refractivity contribution is 0.0904. The highest BCUT2D eigenvalue weighted by atomic mass is 35.5. The molecule has 0 aliphatic carbocycles. The third-order valence-corrected chi connectivity index (χ3v) is 5.96. The smallest absolute Gasteiger partial charge is 0.156 e. The lowest BCUT2D eigenvalue weighted by atomic mass is 10.1. The second-order valence-corrected chi connectivity index (χ2v) is 8.36. The highest BCUT2D eigenvalue weighted by Gasteiger charge is 2.18. The zero-order chi connectivity index (χ0) is 21.9. The molecule has 0 bridgehead atoms. The quantitative estimate of drug-likeness (QED) is 0.581. The summed E-state index contributed by atoms with van der Waals surface area (Å²) < 4.78 is 19.1. The van der Waals surface area contributed by atoms with Crippen molar-refractivity contribution in [2.75, 3.05) is 36.5 Å². The van der Waals surface area contributed by atoms with Crippen LogP contribution in [-0.4, -0.2) is 52.3 Å². The van der Waals surface area contributed by atoms with Gasteiger partial charge in [-0.25, -0.2) is 24.3 Å². The summed E-state index contributed by atoms with van der Waals surface area (Å²) in [6.07, 6.45) is 8.01. The molecule has 3 aromatic rings. The number of fused-ring (bicyclic) bond motifs is 1. The minimum atomic E-state index is -0.323. The van der Waals surface area contributed by atoms with Crippen molar-refractivity contribution in [2.24, 2.45) is 0 Å². The molecular formula is C24H28ClFN6O. The van der Waals surface area contributed by atoms with Crippen LogP contribution in [0.2, 0.25) is 0 Å². The van der Waals surface area contributed by atoms with Gasteiger partial charge >= 0.3 is 0 Å². The molecule has 1 N–H and O–H groups in total. The van der Waals surface area contributed by atoms with E-state index in [0.29, 0.717) is 28.6 Å². The van der Waals surface area contributed by atoms with Crippen molar-refractivity contribution in [3.8, 4) is 0 Å². The SMILES string of the molecule is Cc1nc2ccc(F)cc2nc1/C=C/c1nc(NC2CCOCC2)cc(N2CCCC2)n1.Cl. The van der Waals surface area contributed by atoms with Crippen molar-refractivity contribution in [1.82, 2.24) is 19.9 Å². The van der Waals surface area contributed by atoms with Crippen molar-refractivity contribution in [3.05, 3.63) is 47.3 Å². The number of benzene rings is 1. The first kappa shape index (κ1) is 23.3. The Bertz CT molecular complexity index is 1150. The molecule has 2 aliphatic heterocycles. The second kappa shape index (κ2) is 10.4. The number of hydrogen-bond donors (Lipinski definition) is 1. The third kappa shape index (κ3) is 5.57. The average Bonchev–Trinajstić information content (AvgIpc) is 3.34. The first-order valence-corrected chi connectivity index (χ1v) is 11.2. The molecule has 4 heterocycles. The molecule has 9 heteroatoms. The zero-order valence-electron chi connectivity index (χ0n) is 18.6. The maximum absolute atomic E-state index is 13.6. The molecular weight excluding hydrogens is 443 g/mol. The molecule has 0 unspecified atom stereocenters. The number of nitrogens with one attached hydrogen (secondary N) is 1. The monoisotopic (exact) mass is 470 g/mol. The summed E-state index contributed by atoms with van der Waals surface area (Å²) in [7, 11) is 0. The molecule has 0 radical (unpaired) electrons. The third-order valence-electron chi connectivity index (χ3n) is 5.96. The molecule has 1 aromatic carbocycles. The van der Waals surface area contributed by atoms with Crippen LogP contribution in [0.4, 0.5) is 16.0 Å². The van der Waals surface area contributed by atoms with E-state index in [1.54, 1.807) is 6.07 Å². The Morgan fingerprint density at radius 1 is 1.00 bits per heavy atom. The molecule has 33 heavy (non-hydrogen) atoms. The van der Waals surface area contributed by atoms with Crippen molar-refractivity contribution in [1.29, 1.82) is 0 Å². The number of anilines is 2. The Hall–Kier alpha value is -2.84. The molecule has 0 atom stereocenters. The Morgan fingerprint density at radius 3 is 2.58 bits per heavy atom. The maximum atomic E-state index is 13.6. The number of aryl methyl sites for hydroxylation is 1. The fourth-order valence-corrected chi connectivity index (χ4v) is 4.20. The van der Waals surface area contributed by atoms with Gasteiger partial charge in [-0.15, -0.1) is 12.4 Å². The Kier molecular flexibility index (Phi) is 7.35. The Labute approximate surface area is 198 Å². The van der Waals surface area contributed by atoms with E-state index in [-0.39, 0.29) is 18.2 Å². The van der Waals surface area contributed by atoms with Crippen LogP contribution < -0.4 is 10.2 Å². The highest BCUT2D eigenvalue weighted by Crippen LogP contribution is 2.23. The van der Waals surface area contributed by atoms with E-state index in [2.05, 4.69) is 20.2 Å². The summed E-state index contributed by atoms with van der Waals surface area (Å²) >= 11 is 0. The van der Waals surface area contributed by atoms with Gasteiger partial charge in [-0.2, -0.15) is 0 Å². The minimum absolute atomic E-state index is 0. The van der Waals surface area contributed by atoms with E-state index in [4.69, 9.17) is 14.7 Å². The van der Waals surface area contributed by atoms with Gasteiger partial charge in [0.1, 0.15) is 17.5 Å². The molecule has 5 rings (SSSR count). The molecule has 0 saturated carbocycles. The van der Waals surface area contributed by atoms with E-state index in [1.165, 1.54) is 25.0 Å². The van der Waals surface area contributed by atoms with Crippen molar-refractivity contribution < 1.29 is 9.13 Å². The van der Waals surface area contributed by atoms with Crippen LogP contribution in [-0.2, 0) is 4.74 Å². The van der Waals surface area contributed by atoms with E-state index < -0.39 is 0 Å². The van der Waals surface area contributed by atoms with Gasteiger partial charge in [-0.1, -0.05) is 0 Å². The van der Waals surface area contributed by atoms with Crippen LogP contribution in [0.3, 0.4) is 0 Å². The molecule has 174 valence electrons. The van der Waals surface area contributed by atoms with Crippen LogP contribution in [0.5, 0.6) is 0 Å². The predicted octanol–water partition coefficient (Wildman–Crippen LogP) is 4.65. The van der Waals surface area contributed by atoms with Gasteiger partial charge in [0.25, 0.3) is 0 Å². The van der Waals surface area contributed by atoms with Crippen molar-refractivity contribution in [3.63, 3.8) is 0 Å². The number of rotatable bonds is 5. The number of halogens is 2. The normalized spacial score (nSPS) is 17.0. The predicted molar refractivity (Wildman–Crippen MR) is 131 cm³/mol. The summed E-state index contributed by atoms with van der Waals surface area (Å²) in [4.78, 5) is 21.0. The van der Waals surface area contributed by atoms with Crippen LogP contribution in [0.1, 0.15) is 42.9 Å². The van der Waals surface area contributed by atoms with E-state index in [9.17, 15) is 4.39 Å². The van der Waals surface area contributed by atoms with Crippen LogP contribution in [0, 0.1) is 12.7 Å². The lowest BCUT2D eigenvalue weighted by Gasteiger charge is -2.24. The summed E-state index contributed by atoms with van der Waals surface area (Å²) in [5.74, 6) is 2.06. The molecule has 2 aromatic heterocycles. The topological polar surface area (TPSA) is 76.1 Å². The lowest BCUT2D eigenvalue weighted by Crippen LogP contribution is -2.28. The average molecular weight is 471 g/mol. The second-order valence-electron chi connectivity index (χ2n) is 8.36. The standard InChI is InChI=1S/C24H27FN6O.ClH/c1-16-19(28-21-14-17(25)4-5-20(21)26-16)6-7-22-29-23(27-18-8-12-32-13-9-18)15-24(30-22)31-10-2-3-11-31;/h4-7,14-15,18H,2-3,8-13H2,1H3,(H,27,29,30);1H/b7-6+;. The van der Waals surface area contributed by atoms with Crippen molar-refractivity contribution >= 4 is 47.2 Å². The van der Waals surface area contributed by atoms with Gasteiger partial charge < -0.3 is 15.0 Å². The van der Waals surface area contributed by atoms with E-state index in [1.807, 2.05) is 25.1 Å². The van der Waals surface area contributed by atoms with Gasteiger partial charge in [-0.05, 0) is 56.9 Å². The van der Waals surface area contributed by atoms with Gasteiger partial charge in [0, 0.05) is 44.5 Å². The van der Waals surface area contributed by atoms with Gasteiger partial charge in [0.15, 0.2) is 5.82 Å². The van der Waals surface area contributed by atoms with Crippen LogP contribution in [0.25, 0.3) is 23.2 Å². The fraction of sp³-hybridized carbons (Fsp3) is 0.417. The zero-order valence-corrected chi connectivity index (χ0v) is 19.4. The minimum Gasteiger partial charge on any atom is -0.381 e. The van der Waals surface area contributed by atoms with Crippen LogP contribution in [0.15, 0.2) is 24.3 Å². The molecule has 2 saturated heterocycles. The largest absolute Gasteiger partial charge is 0.381 e. The maximum Gasteiger partial charge on any atom is 0.156 e. The summed E-state index contributed by atoms with van der Waals surface area (Å²) in [5.41, 5.74) is 2.66. The van der Waals surface area contributed by atoms with Gasteiger partial charge in [0.2, 0.25) is 0 Å². The molecule has 2 fully saturated rings.